The van der Waals surface area contributed by atoms with Crippen molar-refractivity contribution in [3.05, 3.63) is 69.9 Å². The molecule has 0 aliphatic rings. The van der Waals surface area contributed by atoms with Crippen LogP contribution in [0.4, 0.5) is 4.39 Å². The van der Waals surface area contributed by atoms with Gasteiger partial charge in [-0.3, -0.25) is 0 Å². The molecule has 1 nitrogen and oxygen atoms in total. The smallest absolute Gasteiger partial charge is 0.129 e. The molecule has 0 fully saturated rings. The number of halogens is 2. The third-order valence-corrected chi connectivity index (χ3v) is 4.29. The Morgan fingerprint density at radius 3 is 2.52 bits per heavy atom. The molecule has 0 spiro atoms. The van der Waals surface area contributed by atoms with Crippen molar-refractivity contribution in [2.24, 2.45) is 0 Å². The molecule has 0 aromatic heterocycles. The number of hydrogen-bond acceptors (Lipinski definition) is 1. The highest BCUT2D eigenvalue weighted by molar-refractivity contribution is 9.10. The summed E-state index contributed by atoms with van der Waals surface area (Å²) in [6, 6.07) is 15.6. The molecule has 0 bridgehead atoms. The molecule has 2 rings (SSSR count). The monoisotopic (exact) mass is 349 g/mol. The topological polar surface area (TPSA) is 12.0 Å². The third-order valence-electron chi connectivity index (χ3n) is 3.60. The Hall–Kier alpha value is -1.19. The van der Waals surface area contributed by atoms with E-state index in [-0.39, 0.29) is 11.9 Å². The van der Waals surface area contributed by atoms with Crippen LogP contribution in [0, 0.1) is 5.82 Å². The molecule has 2 aromatic carbocycles. The van der Waals surface area contributed by atoms with E-state index in [9.17, 15) is 4.39 Å². The molecule has 0 radical (unpaired) electrons. The van der Waals surface area contributed by atoms with Gasteiger partial charge in [0.1, 0.15) is 5.82 Å². The lowest BCUT2D eigenvalue weighted by atomic mass is 9.98. The third kappa shape index (κ3) is 4.65. The van der Waals surface area contributed by atoms with E-state index in [1.54, 1.807) is 6.07 Å². The highest BCUT2D eigenvalue weighted by atomic mass is 79.9. The molecule has 0 heterocycles. The summed E-state index contributed by atoms with van der Waals surface area (Å²) >= 11 is 3.47. The summed E-state index contributed by atoms with van der Waals surface area (Å²) in [5, 5.41) is 3.40. The minimum absolute atomic E-state index is 0.0503. The van der Waals surface area contributed by atoms with Crippen molar-refractivity contribution in [3.63, 3.8) is 0 Å². The van der Waals surface area contributed by atoms with Crippen LogP contribution in [-0.2, 0) is 6.42 Å². The summed E-state index contributed by atoms with van der Waals surface area (Å²) in [7, 11) is 0. The zero-order valence-corrected chi connectivity index (χ0v) is 13.9. The van der Waals surface area contributed by atoms with Gasteiger partial charge in [-0.25, -0.2) is 4.39 Å². The van der Waals surface area contributed by atoms with Crippen LogP contribution in [0.25, 0.3) is 0 Å². The lowest BCUT2D eigenvalue weighted by molar-refractivity contribution is 0.470. The molecule has 3 heteroatoms. The number of nitrogens with one attached hydrogen (secondary N) is 1. The average molecular weight is 350 g/mol. The van der Waals surface area contributed by atoms with Gasteiger partial charge in [-0.1, -0.05) is 59.3 Å². The second-order valence-electron chi connectivity index (χ2n) is 5.12. The first kappa shape index (κ1) is 16.2. The number of benzene rings is 2. The highest BCUT2D eigenvalue weighted by Crippen LogP contribution is 2.29. The minimum atomic E-state index is -0.143. The maximum atomic E-state index is 14.1. The van der Waals surface area contributed by atoms with Crippen LogP contribution in [0.1, 0.15) is 36.9 Å². The molecule has 112 valence electrons. The molecule has 0 saturated heterocycles. The number of aryl methyl sites for hydroxylation is 1. The number of rotatable bonds is 7. The van der Waals surface area contributed by atoms with Gasteiger partial charge in [0.2, 0.25) is 0 Å². The van der Waals surface area contributed by atoms with Crippen molar-refractivity contribution in [2.75, 3.05) is 6.54 Å². The summed E-state index contributed by atoms with van der Waals surface area (Å²) in [4.78, 5) is 0. The second kappa shape index (κ2) is 8.30. The molecular weight excluding hydrogens is 329 g/mol. The summed E-state index contributed by atoms with van der Waals surface area (Å²) in [5.41, 5.74) is 2.08. The quantitative estimate of drug-likeness (QED) is 0.718. The fraction of sp³-hybridized carbons (Fsp3) is 0.333. The van der Waals surface area contributed by atoms with E-state index in [0.717, 1.165) is 35.8 Å². The van der Waals surface area contributed by atoms with E-state index in [4.69, 9.17) is 0 Å². The number of hydrogen-bond donors (Lipinski definition) is 1. The van der Waals surface area contributed by atoms with Gasteiger partial charge in [0.15, 0.2) is 0 Å². The molecule has 21 heavy (non-hydrogen) atoms. The molecule has 1 atom stereocenters. The van der Waals surface area contributed by atoms with Crippen molar-refractivity contribution in [1.29, 1.82) is 0 Å². The fourth-order valence-electron chi connectivity index (χ4n) is 2.59. The first-order chi connectivity index (χ1) is 10.2. The van der Waals surface area contributed by atoms with Crippen molar-refractivity contribution in [3.8, 4) is 0 Å². The van der Waals surface area contributed by atoms with Crippen LogP contribution >= 0.6 is 15.9 Å². The van der Waals surface area contributed by atoms with Crippen molar-refractivity contribution >= 4 is 15.9 Å². The van der Waals surface area contributed by atoms with Gasteiger partial charge in [0.05, 0.1) is 0 Å². The predicted molar refractivity (Wildman–Crippen MR) is 89.9 cm³/mol. The largest absolute Gasteiger partial charge is 0.310 e. The van der Waals surface area contributed by atoms with Crippen LogP contribution in [0.5, 0.6) is 0 Å². The second-order valence-corrected chi connectivity index (χ2v) is 5.98. The van der Waals surface area contributed by atoms with Gasteiger partial charge in [-0.15, -0.1) is 0 Å². The van der Waals surface area contributed by atoms with Crippen LogP contribution in [0.3, 0.4) is 0 Å². The molecule has 0 aliphatic heterocycles. The first-order valence-corrected chi connectivity index (χ1v) is 8.23. The Kier molecular flexibility index (Phi) is 6.40. The Bertz CT molecular complexity index is 536. The van der Waals surface area contributed by atoms with Gasteiger partial charge in [-0.05, 0) is 43.5 Å². The summed E-state index contributed by atoms with van der Waals surface area (Å²) in [6.45, 7) is 2.88. The molecule has 0 aliphatic carbocycles. The van der Waals surface area contributed by atoms with E-state index < -0.39 is 0 Å². The van der Waals surface area contributed by atoms with Gasteiger partial charge < -0.3 is 5.32 Å². The fourth-order valence-corrected chi connectivity index (χ4v) is 3.21. The SMILES string of the molecule is CCNC(CCCc1ccccc1)c1c(F)cccc1Br. The van der Waals surface area contributed by atoms with Gasteiger partial charge in [0, 0.05) is 16.1 Å². The van der Waals surface area contributed by atoms with E-state index in [1.807, 2.05) is 12.1 Å². The van der Waals surface area contributed by atoms with E-state index in [2.05, 4.69) is 52.4 Å². The molecule has 1 N–H and O–H groups in total. The maximum Gasteiger partial charge on any atom is 0.129 e. The normalized spacial score (nSPS) is 12.3. The first-order valence-electron chi connectivity index (χ1n) is 7.43. The average Bonchev–Trinajstić information content (AvgIpc) is 2.48. The summed E-state index contributed by atoms with van der Waals surface area (Å²) < 4.78 is 14.9. The van der Waals surface area contributed by atoms with Crippen molar-refractivity contribution in [1.82, 2.24) is 5.32 Å². The van der Waals surface area contributed by atoms with Crippen LogP contribution < -0.4 is 5.32 Å². The van der Waals surface area contributed by atoms with Crippen molar-refractivity contribution in [2.45, 2.75) is 32.2 Å². The Labute approximate surface area is 134 Å². The summed E-state index contributed by atoms with van der Waals surface area (Å²) in [5.74, 6) is -0.143. The maximum absolute atomic E-state index is 14.1. The molecule has 0 saturated carbocycles. The van der Waals surface area contributed by atoms with Crippen LogP contribution in [-0.4, -0.2) is 6.54 Å². The van der Waals surface area contributed by atoms with Crippen LogP contribution in [0.2, 0.25) is 0 Å². The van der Waals surface area contributed by atoms with E-state index in [0.29, 0.717) is 0 Å². The predicted octanol–water partition coefficient (Wildman–Crippen LogP) is 5.26. The molecule has 2 aromatic rings. The lowest BCUT2D eigenvalue weighted by Crippen LogP contribution is -2.22. The summed E-state index contributed by atoms with van der Waals surface area (Å²) in [6.07, 6.45) is 2.97. The molecule has 0 amide bonds. The minimum Gasteiger partial charge on any atom is -0.310 e. The highest BCUT2D eigenvalue weighted by Gasteiger charge is 2.17. The van der Waals surface area contributed by atoms with Gasteiger partial charge in [-0.2, -0.15) is 0 Å². The molecular formula is C18H21BrFN. The zero-order valence-electron chi connectivity index (χ0n) is 12.3. The van der Waals surface area contributed by atoms with E-state index >= 15 is 0 Å². The standard InChI is InChI=1S/C18H21BrFN/c1-2-21-17(18-15(19)11-7-12-16(18)20)13-6-10-14-8-4-3-5-9-14/h3-5,7-9,11-12,17,21H,2,6,10,13H2,1H3. The van der Waals surface area contributed by atoms with Gasteiger partial charge >= 0.3 is 0 Å². The Morgan fingerprint density at radius 1 is 1.10 bits per heavy atom. The van der Waals surface area contributed by atoms with Crippen molar-refractivity contribution < 1.29 is 4.39 Å². The van der Waals surface area contributed by atoms with E-state index in [1.165, 1.54) is 11.6 Å². The zero-order chi connectivity index (χ0) is 15.1. The lowest BCUT2D eigenvalue weighted by Gasteiger charge is -2.20. The Balaban J connectivity index is 2.02. The van der Waals surface area contributed by atoms with Gasteiger partial charge in [0.25, 0.3) is 0 Å². The Morgan fingerprint density at radius 2 is 1.86 bits per heavy atom. The molecule has 1 unspecified atom stereocenters. The van der Waals surface area contributed by atoms with Crippen LogP contribution in [0.15, 0.2) is 53.0 Å².